The largest absolute Gasteiger partial charge is 0.374 e. The van der Waals surface area contributed by atoms with Crippen LogP contribution < -0.4 is 10.6 Å². The van der Waals surface area contributed by atoms with E-state index in [1.54, 1.807) is 4.68 Å². The molecule has 0 aliphatic rings. The predicted octanol–water partition coefficient (Wildman–Crippen LogP) is 3.24. The first-order valence-electron chi connectivity index (χ1n) is 6.71. The van der Waals surface area contributed by atoms with Crippen molar-refractivity contribution in [3.05, 3.63) is 40.1 Å². The van der Waals surface area contributed by atoms with Crippen LogP contribution in [0.5, 0.6) is 0 Å². The average molecular weight is 351 g/mol. The Morgan fingerprint density at radius 3 is 2.43 bits per heavy atom. The van der Waals surface area contributed by atoms with Gasteiger partial charge in [0.2, 0.25) is 5.91 Å². The molecule has 2 N–H and O–H groups in total. The van der Waals surface area contributed by atoms with Gasteiger partial charge in [-0.2, -0.15) is 5.10 Å². The molecule has 1 atom stereocenters. The number of carbonyl (C=O) groups is 1. The molecule has 0 aliphatic carbocycles. The van der Waals surface area contributed by atoms with E-state index in [1.807, 2.05) is 52.1 Å². The minimum absolute atomic E-state index is 0.0860. The number of aromatic nitrogens is 2. The van der Waals surface area contributed by atoms with E-state index < -0.39 is 0 Å². The van der Waals surface area contributed by atoms with Crippen molar-refractivity contribution < 1.29 is 4.79 Å². The second-order valence-corrected chi connectivity index (χ2v) is 5.95. The number of nitrogens with zero attached hydrogens (tertiary/aromatic N) is 2. The Hall–Kier alpha value is -1.82. The first kappa shape index (κ1) is 15.6. The van der Waals surface area contributed by atoms with Crippen molar-refractivity contribution in [2.24, 2.45) is 7.05 Å². The highest BCUT2D eigenvalue weighted by Gasteiger charge is 2.17. The number of aryl methyl sites for hydroxylation is 2. The van der Waals surface area contributed by atoms with Crippen LogP contribution in [0, 0.1) is 13.8 Å². The molecule has 1 heterocycles. The Kier molecular flexibility index (Phi) is 4.67. The molecule has 0 spiro atoms. The fourth-order valence-electron chi connectivity index (χ4n) is 2.05. The van der Waals surface area contributed by atoms with Gasteiger partial charge < -0.3 is 10.6 Å². The fourth-order valence-corrected chi connectivity index (χ4v) is 2.31. The summed E-state index contributed by atoms with van der Waals surface area (Å²) in [6.07, 6.45) is 0. The first-order valence-corrected chi connectivity index (χ1v) is 7.51. The maximum atomic E-state index is 12.3. The zero-order chi connectivity index (χ0) is 15.6. The molecule has 6 heteroatoms. The lowest BCUT2D eigenvalue weighted by Gasteiger charge is -2.15. The highest BCUT2D eigenvalue weighted by Crippen LogP contribution is 2.19. The number of carbonyl (C=O) groups excluding carboxylic acids is 1. The summed E-state index contributed by atoms with van der Waals surface area (Å²) in [5.74, 6) is -0.0860. The van der Waals surface area contributed by atoms with E-state index in [4.69, 9.17) is 0 Å². The third kappa shape index (κ3) is 3.64. The number of anilines is 2. The third-order valence-electron chi connectivity index (χ3n) is 3.38. The molecule has 0 aliphatic heterocycles. The van der Waals surface area contributed by atoms with Crippen LogP contribution in [0.25, 0.3) is 0 Å². The molecule has 112 valence electrons. The second kappa shape index (κ2) is 6.30. The Balaban J connectivity index is 2.04. The van der Waals surface area contributed by atoms with Gasteiger partial charge in [-0.1, -0.05) is 15.9 Å². The monoisotopic (exact) mass is 350 g/mol. The van der Waals surface area contributed by atoms with Crippen LogP contribution in [-0.2, 0) is 11.8 Å². The fraction of sp³-hybridized carbons (Fsp3) is 0.333. The van der Waals surface area contributed by atoms with Gasteiger partial charge in [0.05, 0.1) is 17.1 Å². The summed E-state index contributed by atoms with van der Waals surface area (Å²) in [5.41, 5.74) is 3.45. The Labute approximate surface area is 132 Å². The topological polar surface area (TPSA) is 59.0 Å². The minimum Gasteiger partial charge on any atom is -0.374 e. The maximum absolute atomic E-state index is 12.3. The van der Waals surface area contributed by atoms with E-state index in [9.17, 15) is 4.79 Å². The van der Waals surface area contributed by atoms with Crippen molar-refractivity contribution >= 4 is 33.2 Å². The third-order valence-corrected chi connectivity index (χ3v) is 3.91. The zero-order valence-corrected chi connectivity index (χ0v) is 14.2. The van der Waals surface area contributed by atoms with Gasteiger partial charge in [-0.05, 0) is 45.0 Å². The summed E-state index contributed by atoms with van der Waals surface area (Å²) in [7, 11) is 1.86. The van der Waals surface area contributed by atoms with Gasteiger partial charge in [0.15, 0.2) is 0 Å². The van der Waals surface area contributed by atoms with E-state index in [-0.39, 0.29) is 11.9 Å². The molecule has 21 heavy (non-hydrogen) atoms. The summed E-state index contributed by atoms with van der Waals surface area (Å²) in [5, 5.41) is 10.4. The molecule has 2 aromatic rings. The summed E-state index contributed by atoms with van der Waals surface area (Å²) in [4.78, 5) is 12.3. The molecule has 0 fully saturated rings. The van der Waals surface area contributed by atoms with Crippen LogP contribution in [0.1, 0.15) is 18.3 Å². The molecule has 2 rings (SSSR count). The van der Waals surface area contributed by atoms with Crippen LogP contribution in [0.2, 0.25) is 0 Å². The normalized spacial score (nSPS) is 12.0. The van der Waals surface area contributed by atoms with E-state index in [0.29, 0.717) is 0 Å². The van der Waals surface area contributed by atoms with Gasteiger partial charge in [0.25, 0.3) is 0 Å². The minimum atomic E-state index is -0.342. The standard InChI is InChI=1S/C15H19BrN4O/c1-9-14(11(3)20(4)19-9)18-15(21)10(2)17-13-7-5-12(16)6-8-13/h5-8,10,17H,1-4H3,(H,18,21). The Bertz CT molecular complexity index is 648. The van der Waals surface area contributed by atoms with Gasteiger partial charge >= 0.3 is 0 Å². The van der Waals surface area contributed by atoms with Crippen molar-refractivity contribution in [3.63, 3.8) is 0 Å². The molecular weight excluding hydrogens is 332 g/mol. The van der Waals surface area contributed by atoms with Crippen molar-refractivity contribution in [2.75, 3.05) is 10.6 Å². The summed E-state index contributed by atoms with van der Waals surface area (Å²) in [6, 6.07) is 7.37. The molecule has 0 saturated heterocycles. The number of hydrogen-bond donors (Lipinski definition) is 2. The number of hydrogen-bond acceptors (Lipinski definition) is 3. The number of nitrogens with one attached hydrogen (secondary N) is 2. The van der Waals surface area contributed by atoms with Crippen LogP contribution in [0.4, 0.5) is 11.4 Å². The van der Waals surface area contributed by atoms with Gasteiger partial charge in [0.1, 0.15) is 6.04 Å². The smallest absolute Gasteiger partial charge is 0.246 e. The maximum Gasteiger partial charge on any atom is 0.246 e. The summed E-state index contributed by atoms with van der Waals surface area (Å²) in [6.45, 7) is 5.65. The highest BCUT2D eigenvalue weighted by atomic mass is 79.9. The van der Waals surface area contributed by atoms with E-state index in [0.717, 1.165) is 27.2 Å². The number of rotatable bonds is 4. The molecule has 1 unspecified atom stereocenters. The molecule has 5 nitrogen and oxygen atoms in total. The lowest BCUT2D eigenvalue weighted by Crippen LogP contribution is -2.32. The van der Waals surface area contributed by atoms with Gasteiger partial charge in [-0.3, -0.25) is 9.48 Å². The Morgan fingerprint density at radius 1 is 1.29 bits per heavy atom. The van der Waals surface area contributed by atoms with Crippen molar-refractivity contribution in [3.8, 4) is 0 Å². The lowest BCUT2D eigenvalue weighted by atomic mass is 10.2. The molecular formula is C15H19BrN4O. The molecule has 1 aromatic carbocycles. The van der Waals surface area contributed by atoms with Crippen molar-refractivity contribution in [1.82, 2.24) is 9.78 Å². The molecule has 0 saturated carbocycles. The Morgan fingerprint density at radius 2 is 1.90 bits per heavy atom. The zero-order valence-electron chi connectivity index (χ0n) is 12.6. The first-order chi connectivity index (χ1) is 9.88. The number of halogens is 1. The van der Waals surface area contributed by atoms with E-state index >= 15 is 0 Å². The van der Waals surface area contributed by atoms with Gasteiger partial charge in [-0.15, -0.1) is 0 Å². The van der Waals surface area contributed by atoms with Crippen molar-refractivity contribution in [2.45, 2.75) is 26.8 Å². The quantitative estimate of drug-likeness (QED) is 0.889. The van der Waals surface area contributed by atoms with Crippen LogP contribution >= 0.6 is 15.9 Å². The number of amides is 1. The predicted molar refractivity (Wildman–Crippen MR) is 88.5 cm³/mol. The van der Waals surface area contributed by atoms with Crippen LogP contribution in [0.15, 0.2) is 28.7 Å². The van der Waals surface area contributed by atoms with Crippen LogP contribution in [-0.4, -0.2) is 21.7 Å². The summed E-state index contributed by atoms with van der Waals surface area (Å²) < 4.78 is 2.77. The van der Waals surface area contributed by atoms with E-state index in [2.05, 4.69) is 31.7 Å². The van der Waals surface area contributed by atoms with E-state index in [1.165, 1.54) is 0 Å². The van der Waals surface area contributed by atoms with Crippen molar-refractivity contribution in [1.29, 1.82) is 0 Å². The molecule has 1 amide bonds. The summed E-state index contributed by atoms with van der Waals surface area (Å²) >= 11 is 3.39. The molecule has 0 radical (unpaired) electrons. The average Bonchev–Trinajstić information content (AvgIpc) is 2.68. The lowest BCUT2D eigenvalue weighted by molar-refractivity contribution is -0.116. The number of benzene rings is 1. The van der Waals surface area contributed by atoms with Gasteiger partial charge in [0, 0.05) is 17.2 Å². The second-order valence-electron chi connectivity index (χ2n) is 5.03. The van der Waals surface area contributed by atoms with Gasteiger partial charge in [-0.25, -0.2) is 0 Å². The molecule has 0 bridgehead atoms. The van der Waals surface area contributed by atoms with Crippen LogP contribution in [0.3, 0.4) is 0 Å². The SMILES string of the molecule is Cc1nn(C)c(C)c1NC(=O)C(C)Nc1ccc(Br)cc1. The molecule has 1 aromatic heterocycles. The highest BCUT2D eigenvalue weighted by molar-refractivity contribution is 9.10.